The van der Waals surface area contributed by atoms with E-state index in [1.54, 1.807) is 26.2 Å². The number of carbonyl (C=O) groups is 1. The molecule has 0 saturated heterocycles. The topological polar surface area (TPSA) is 89.5 Å². The molecule has 2 aromatic carbocycles. The molecule has 0 saturated carbocycles. The maximum atomic E-state index is 12.7. The molecule has 0 aliphatic carbocycles. The number of rotatable bonds is 9. The smallest absolute Gasteiger partial charge is 0.335 e. The largest absolute Gasteiger partial charge is 0.361 e. The Labute approximate surface area is 193 Å². The minimum Gasteiger partial charge on any atom is -0.361 e. The highest BCUT2D eigenvalue weighted by Crippen LogP contribution is 2.51. The third-order valence-corrected chi connectivity index (χ3v) is 7.18. The minimum absolute atomic E-state index is 0.207. The van der Waals surface area contributed by atoms with Gasteiger partial charge in [-0.2, -0.15) is 0 Å². The van der Waals surface area contributed by atoms with Crippen LogP contribution in [0.5, 0.6) is 0 Å². The van der Waals surface area contributed by atoms with Gasteiger partial charge in [0.2, 0.25) is 0 Å². The van der Waals surface area contributed by atoms with Gasteiger partial charge in [-0.15, -0.1) is 0 Å². The first-order valence-corrected chi connectivity index (χ1v) is 12.5. The molecule has 0 spiro atoms. The number of nitrogens with one attached hydrogen (secondary N) is 2. The predicted octanol–water partition coefficient (Wildman–Crippen LogP) is 5.92. The highest BCUT2D eigenvalue weighted by atomic mass is 31.2. The summed E-state index contributed by atoms with van der Waals surface area (Å²) < 4.78 is 23.5. The van der Waals surface area contributed by atoms with Crippen molar-refractivity contribution < 1.29 is 18.4 Å². The Morgan fingerprint density at radius 3 is 2.36 bits per heavy atom. The van der Waals surface area contributed by atoms with Crippen LogP contribution in [-0.4, -0.2) is 24.1 Å². The van der Waals surface area contributed by atoms with E-state index in [0.717, 1.165) is 27.9 Å². The lowest BCUT2D eigenvalue weighted by Crippen LogP contribution is -2.05. The molecule has 0 atom stereocenters. The van der Waals surface area contributed by atoms with Gasteiger partial charge in [0.15, 0.2) is 0 Å². The van der Waals surface area contributed by atoms with E-state index in [2.05, 4.69) is 15.6 Å². The van der Waals surface area contributed by atoms with Crippen molar-refractivity contribution >= 4 is 30.6 Å². The molecule has 2 N–H and O–H groups in total. The number of anilines is 2. The Hall–Kier alpha value is -3.25. The first-order valence-electron chi connectivity index (χ1n) is 10.8. The van der Waals surface area contributed by atoms with E-state index in [9.17, 15) is 9.36 Å². The minimum atomic E-state index is -3.16. The molecule has 0 fully saturated rings. The van der Waals surface area contributed by atoms with Crippen molar-refractivity contribution in [1.82, 2.24) is 4.98 Å². The monoisotopic (exact) mass is 463 g/mol. The van der Waals surface area contributed by atoms with Gasteiger partial charge in [-0.3, -0.25) is 9.36 Å². The summed E-state index contributed by atoms with van der Waals surface area (Å²) in [5.74, 6) is 0.340. The summed E-state index contributed by atoms with van der Waals surface area (Å²) in [5.41, 5.74) is 4.87. The predicted molar refractivity (Wildman–Crippen MR) is 131 cm³/mol. The van der Waals surface area contributed by atoms with Gasteiger partial charge in [0.1, 0.15) is 5.82 Å². The van der Waals surface area contributed by atoms with Crippen LogP contribution in [0.1, 0.15) is 25.0 Å². The molecule has 0 bridgehead atoms. The van der Waals surface area contributed by atoms with Gasteiger partial charge >= 0.3 is 7.60 Å². The average Bonchev–Trinajstić information content (AvgIpc) is 3.13. The molecule has 8 heteroatoms. The van der Waals surface area contributed by atoms with E-state index < -0.39 is 7.60 Å². The highest BCUT2D eigenvalue weighted by Gasteiger charge is 2.26. The normalized spacial score (nSPS) is 14.2. The van der Waals surface area contributed by atoms with Gasteiger partial charge < -0.3 is 19.7 Å². The second-order valence-electron chi connectivity index (χ2n) is 7.44. The SMILES string of the molecule is CCOP(=O)(Cc1ccc(NC=C2C(=O)Nc3ncc(-c4ccccc4)cc32)cc1)OCC. The Morgan fingerprint density at radius 1 is 1.00 bits per heavy atom. The molecule has 1 aliphatic heterocycles. The van der Waals surface area contributed by atoms with Gasteiger partial charge in [0.05, 0.1) is 24.9 Å². The third kappa shape index (κ3) is 5.40. The summed E-state index contributed by atoms with van der Waals surface area (Å²) >= 11 is 0. The van der Waals surface area contributed by atoms with Crippen LogP contribution in [0.15, 0.2) is 73.1 Å². The quantitative estimate of drug-likeness (QED) is 0.302. The second kappa shape index (κ2) is 10.1. The Balaban J connectivity index is 1.51. The molecular formula is C25H26N3O4P. The lowest BCUT2D eigenvalue weighted by Gasteiger charge is -2.17. The first-order chi connectivity index (χ1) is 16.0. The molecule has 4 rings (SSSR count). The van der Waals surface area contributed by atoms with E-state index >= 15 is 0 Å². The summed E-state index contributed by atoms with van der Waals surface area (Å²) in [6.45, 7) is 4.24. The van der Waals surface area contributed by atoms with Gasteiger partial charge in [-0.1, -0.05) is 42.5 Å². The lowest BCUT2D eigenvalue weighted by atomic mass is 10.0. The standard InChI is InChI=1S/C25H26N3O4P/c1-3-31-33(30,32-4-2)17-18-10-12-21(13-11-18)26-16-23-22-14-20(19-8-6-5-7-9-19)15-27-24(22)28-25(23)29/h5-16,26H,3-4,17H2,1-2H3,(H,27,28,29). The Morgan fingerprint density at radius 2 is 1.70 bits per heavy atom. The van der Waals surface area contributed by atoms with Crippen molar-refractivity contribution in [2.45, 2.75) is 20.0 Å². The molecule has 1 amide bonds. The van der Waals surface area contributed by atoms with Crippen LogP contribution in [-0.2, 0) is 24.6 Å². The zero-order chi connectivity index (χ0) is 23.3. The third-order valence-electron chi connectivity index (χ3n) is 5.13. The zero-order valence-electron chi connectivity index (χ0n) is 18.6. The molecule has 170 valence electrons. The Bertz CT molecular complexity index is 1200. The van der Waals surface area contributed by atoms with Crippen molar-refractivity contribution in [3.63, 3.8) is 0 Å². The number of nitrogens with zero attached hydrogens (tertiary/aromatic N) is 1. The lowest BCUT2D eigenvalue weighted by molar-refractivity contribution is -0.110. The van der Waals surface area contributed by atoms with E-state index in [1.807, 2.05) is 60.7 Å². The number of hydrogen-bond donors (Lipinski definition) is 2. The molecule has 0 unspecified atom stereocenters. The molecule has 1 aromatic heterocycles. The summed E-state index contributed by atoms with van der Waals surface area (Å²) in [6.07, 6.45) is 3.64. The highest BCUT2D eigenvalue weighted by molar-refractivity contribution is 7.53. The number of carbonyl (C=O) groups excluding carboxylic acids is 1. The van der Waals surface area contributed by atoms with Crippen LogP contribution in [0.4, 0.5) is 11.5 Å². The maximum Gasteiger partial charge on any atom is 0.335 e. The maximum absolute atomic E-state index is 12.7. The van der Waals surface area contributed by atoms with Crippen molar-refractivity contribution in [3.8, 4) is 11.1 Å². The summed E-state index contributed by atoms with van der Waals surface area (Å²) in [5, 5.41) is 5.98. The van der Waals surface area contributed by atoms with Gasteiger partial charge in [-0.25, -0.2) is 4.98 Å². The van der Waals surface area contributed by atoms with Gasteiger partial charge in [0, 0.05) is 29.2 Å². The fourth-order valence-electron chi connectivity index (χ4n) is 3.61. The van der Waals surface area contributed by atoms with Gasteiger partial charge in [0.25, 0.3) is 5.91 Å². The summed E-state index contributed by atoms with van der Waals surface area (Å²) in [7, 11) is -3.16. The summed E-state index contributed by atoms with van der Waals surface area (Å²) in [6, 6.07) is 19.3. The van der Waals surface area contributed by atoms with Crippen molar-refractivity contribution in [3.05, 3.63) is 84.2 Å². The molecule has 0 radical (unpaired) electrons. The van der Waals surface area contributed by atoms with E-state index in [-0.39, 0.29) is 12.1 Å². The van der Waals surface area contributed by atoms with Crippen molar-refractivity contribution in [2.24, 2.45) is 0 Å². The van der Waals surface area contributed by atoms with E-state index in [4.69, 9.17) is 9.05 Å². The molecule has 33 heavy (non-hydrogen) atoms. The summed E-state index contributed by atoms with van der Waals surface area (Å²) in [4.78, 5) is 16.9. The Kier molecular flexibility index (Phi) is 7.04. The molecular weight excluding hydrogens is 437 g/mol. The fraction of sp³-hybridized carbons (Fsp3) is 0.200. The molecule has 2 heterocycles. The van der Waals surface area contributed by atoms with Crippen LogP contribution in [0.2, 0.25) is 0 Å². The molecule has 1 aliphatic rings. The fourth-order valence-corrected chi connectivity index (χ4v) is 5.31. The zero-order valence-corrected chi connectivity index (χ0v) is 19.5. The van der Waals surface area contributed by atoms with Crippen LogP contribution in [0.3, 0.4) is 0 Å². The number of pyridine rings is 1. The number of aromatic nitrogens is 1. The van der Waals surface area contributed by atoms with Crippen molar-refractivity contribution in [1.29, 1.82) is 0 Å². The number of fused-ring (bicyclic) bond motifs is 1. The average molecular weight is 463 g/mol. The van der Waals surface area contributed by atoms with Crippen LogP contribution in [0.25, 0.3) is 16.7 Å². The van der Waals surface area contributed by atoms with Gasteiger partial charge in [-0.05, 0) is 43.2 Å². The number of benzene rings is 2. The molecule has 7 nitrogen and oxygen atoms in total. The van der Waals surface area contributed by atoms with Crippen molar-refractivity contribution in [2.75, 3.05) is 23.8 Å². The van der Waals surface area contributed by atoms with Crippen LogP contribution >= 0.6 is 7.60 Å². The number of amides is 1. The van der Waals surface area contributed by atoms with E-state index in [1.165, 1.54) is 0 Å². The number of hydrogen-bond acceptors (Lipinski definition) is 6. The van der Waals surface area contributed by atoms with Crippen LogP contribution in [0, 0.1) is 0 Å². The first kappa shape index (κ1) is 22.9. The molecule has 3 aromatic rings. The second-order valence-corrected chi connectivity index (χ2v) is 9.50. The van der Waals surface area contributed by atoms with Crippen LogP contribution < -0.4 is 10.6 Å². The van der Waals surface area contributed by atoms with E-state index in [0.29, 0.717) is 24.6 Å².